The molecule has 0 aliphatic carbocycles. The predicted molar refractivity (Wildman–Crippen MR) is 65.8 cm³/mol. The molecule has 0 saturated carbocycles. The van der Waals surface area contributed by atoms with E-state index in [1.807, 2.05) is 0 Å². The van der Waals surface area contributed by atoms with Crippen LogP contribution in [0.2, 0.25) is 0 Å². The Morgan fingerprint density at radius 1 is 1.61 bits per heavy atom. The summed E-state index contributed by atoms with van der Waals surface area (Å²) in [6.45, 7) is 4.90. The third kappa shape index (κ3) is 3.59. The van der Waals surface area contributed by atoms with E-state index in [2.05, 4.69) is 10.9 Å². The Balaban J connectivity index is 2.47. The van der Waals surface area contributed by atoms with Crippen LogP contribution in [-0.4, -0.2) is 29.5 Å². The molecule has 98 valence electrons. The van der Waals surface area contributed by atoms with Gasteiger partial charge in [0.1, 0.15) is 0 Å². The van der Waals surface area contributed by atoms with Gasteiger partial charge in [0.25, 0.3) is 0 Å². The van der Waals surface area contributed by atoms with Crippen LogP contribution in [0.5, 0.6) is 0 Å². The van der Waals surface area contributed by atoms with Gasteiger partial charge in [-0.1, -0.05) is 0 Å². The fraction of sp³-hybridized carbons (Fsp3) is 0.615. The maximum atomic E-state index is 11.4. The Hall–Kier alpha value is -1.83. The minimum Gasteiger partial charge on any atom is -0.453 e. The molecule has 5 heteroatoms. The first kappa shape index (κ1) is 14.2. The highest BCUT2D eigenvalue weighted by Crippen LogP contribution is 2.21. The second-order valence-corrected chi connectivity index (χ2v) is 4.59. The fourth-order valence-electron chi connectivity index (χ4n) is 1.38. The van der Waals surface area contributed by atoms with Crippen molar-refractivity contribution in [2.45, 2.75) is 51.7 Å². The number of esters is 2. The van der Waals surface area contributed by atoms with E-state index in [0.29, 0.717) is 12.8 Å². The number of unbranched alkanes of at least 4 members (excludes halogenated alkanes) is 1. The lowest BCUT2D eigenvalue weighted by Crippen LogP contribution is -2.26. The number of carbonyl (C=O) groups excluding carboxylic acids is 2. The van der Waals surface area contributed by atoms with Crippen molar-refractivity contribution in [3.63, 3.8) is 0 Å². The zero-order chi connectivity index (χ0) is 13.8. The number of carbonyl (C=O) groups is 2. The van der Waals surface area contributed by atoms with Crippen LogP contribution in [-0.2, 0) is 19.1 Å². The van der Waals surface area contributed by atoms with E-state index < -0.39 is 17.6 Å². The van der Waals surface area contributed by atoms with Crippen molar-refractivity contribution in [3.05, 3.63) is 0 Å². The van der Waals surface area contributed by atoms with E-state index in [-0.39, 0.29) is 18.3 Å². The van der Waals surface area contributed by atoms with E-state index in [9.17, 15) is 9.59 Å². The molecule has 0 fully saturated rings. The van der Waals surface area contributed by atoms with Crippen LogP contribution in [0.3, 0.4) is 0 Å². The third-order valence-electron chi connectivity index (χ3n) is 2.44. The fourth-order valence-corrected chi connectivity index (χ4v) is 1.38. The van der Waals surface area contributed by atoms with Crippen molar-refractivity contribution < 1.29 is 19.1 Å². The number of ether oxygens (including phenoxy) is 2. The van der Waals surface area contributed by atoms with Gasteiger partial charge in [0.05, 0.1) is 0 Å². The van der Waals surface area contributed by atoms with E-state index in [1.165, 1.54) is 0 Å². The van der Waals surface area contributed by atoms with E-state index in [1.54, 1.807) is 20.8 Å². The SMILES string of the molecule is C#CCCCC(=O)OC(C)C1=NC(C)(C)C(=O)O1. The van der Waals surface area contributed by atoms with Crippen LogP contribution in [0.25, 0.3) is 0 Å². The van der Waals surface area contributed by atoms with Crippen LogP contribution in [0.4, 0.5) is 0 Å². The first-order valence-corrected chi connectivity index (χ1v) is 5.82. The lowest BCUT2D eigenvalue weighted by atomic mass is 10.1. The second-order valence-electron chi connectivity index (χ2n) is 4.59. The van der Waals surface area contributed by atoms with Gasteiger partial charge >= 0.3 is 11.9 Å². The molecule has 5 nitrogen and oxygen atoms in total. The first-order valence-electron chi connectivity index (χ1n) is 5.82. The molecule has 1 unspecified atom stereocenters. The molecule has 0 aromatic rings. The summed E-state index contributed by atoms with van der Waals surface area (Å²) in [5.41, 5.74) is -0.903. The predicted octanol–water partition coefficient (Wildman–Crippen LogP) is 1.46. The van der Waals surface area contributed by atoms with Crippen molar-refractivity contribution in [2.24, 2.45) is 4.99 Å². The zero-order valence-electron chi connectivity index (χ0n) is 10.9. The zero-order valence-corrected chi connectivity index (χ0v) is 10.9. The Bertz CT molecular complexity index is 417. The maximum absolute atomic E-state index is 11.4. The lowest BCUT2D eigenvalue weighted by molar-refractivity contribution is -0.147. The number of terminal acetylenes is 1. The topological polar surface area (TPSA) is 65.0 Å². The minimum absolute atomic E-state index is 0.148. The normalized spacial score (nSPS) is 18.6. The average Bonchev–Trinajstić information content (AvgIpc) is 2.54. The monoisotopic (exact) mass is 251 g/mol. The van der Waals surface area contributed by atoms with Crippen molar-refractivity contribution in [3.8, 4) is 12.3 Å². The van der Waals surface area contributed by atoms with Crippen LogP contribution in [0.1, 0.15) is 40.0 Å². The van der Waals surface area contributed by atoms with Crippen molar-refractivity contribution in [2.75, 3.05) is 0 Å². The summed E-state index contributed by atoms with van der Waals surface area (Å²) >= 11 is 0. The van der Waals surface area contributed by atoms with E-state index in [0.717, 1.165) is 0 Å². The smallest absolute Gasteiger partial charge is 0.340 e. The summed E-state index contributed by atoms with van der Waals surface area (Å²) in [5.74, 6) is 1.78. The molecule has 1 aliphatic rings. The number of hydrogen-bond donors (Lipinski definition) is 0. The molecule has 1 aliphatic heterocycles. The molecule has 0 spiro atoms. The van der Waals surface area contributed by atoms with Gasteiger partial charge in [0.15, 0.2) is 11.6 Å². The molecule has 0 bridgehead atoms. The van der Waals surface area contributed by atoms with Crippen LogP contribution in [0, 0.1) is 12.3 Å². The Morgan fingerprint density at radius 2 is 2.28 bits per heavy atom. The molecule has 0 aromatic heterocycles. The quantitative estimate of drug-likeness (QED) is 0.421. The molecule has 0 amide bonds. The molecule has 0 saturated heterocycles. The maximum Gasteiger partial charge on any atom is 0.340 e. The number of cyclic esters (lactones) is 1. The van der Waals surface area contributed by atoms with Gasteiger partial charge in [0, 0.05) is 12.8 Å². The molecule has 0 radical (unpaired) electrons. The number of aliphatic imine (C=N–C) groups is 1. The molecule has 1 rings (SSSR count). The molecular formula is C13H17NO4. The molecule has 0 aromatic carbocycles. The van der Waals surface area contributed by atoms with Crippen LogP contribution in [0.15, 0.2) is 4.99 Å². The summed E-state index contributed by atoms with van der Waals surface area (Å²) in [6, 6.07) is 0. The Morgan fingerprint density at radius 3 is 2.78 bits per heavy atom. The lowest BCUT2D eigenvalue weighted by Gasteiger charge is -2.11. The molecular weight excluding hydrogens is 234 g/mol. The Labute approximate surface area is 107 Å². The standard InChI is InChI=1S/C13H17NO4/c1-5-6-7-8-10(15)17-9(2)11-14-13(3,4)12(16)18-11/h1,9H,6-8H2,2-4H3. The minimum atomic E-state index is -0.903. The van der Waals surface area contributed by atoms with Gasteiger partial charge in [-0.2, -0.15) is 0 Å². The van der Waals surface area contributed by atoms with Gasteiger partial charge in [-0.25, -0.2) is 9.79 Å². The number of rotatable bonds is 5. The summed E-state index contributed by atoms with van der Waals surface area (Å²) in [7, 11) is 0. The summed E-state index contributed by atoms with van der Waals surface area (Å²) in [5, 5.41) is 0. The van der Waals surface area contributed by atoms with Gasteiger partial charge in [-0.15, -0.1) is 12.3 Å². The number of hydrogen-bond acceptors (Lipinski definition) is 5. The average molecular weight is 251 g/mol. The van der Waals surface area contributed by atoms with Gasteiger partial charge in [-0.3, -0.25) is 4.79 Å². The molecule has 18 heavy (non-hydrogen) atoms. The third-order valence-corrected chi connectivity index (χ3v) is 2.44. The molecule has 0 N–H and O–H groups in total. The molecule has 1 atom stereocenters. The van der Waals surface area contributed by atoms with E-state index in [4.69, 9.17) is 15.9 Å². The van der Waals surface area contributed by atoms with Gasteiger partial charge < -0.3 is 9.47 Å². The highest BCUT2D eigenvalue weighted by molar-refractivity contribution is 6.01. The first-order chi connectivity index (χ1) is 8.36. The van der Waals surface area contributed by atoms with Crippen molar-refractivity contribution in [1.29, 1.82) is 0 Å². The van der Waals surface area contributed by atoms with Gasteiger partial charge in [0.2, 0.25) is 5.90 Å². The summed E-state index contributed by atoms with van der Waals surface area (Å²) in [4.78, 5) is 26.9. The van der Waals surface area contributed by atoms with Gasteiger partial charge in [-0.05, 0) is 27.2 Å². The summed E-state index contributed by atoms with van der Waals surface area (Å²) in [6.07, 6.45) is 5.79. The number of nitrogens with zero attached hydrogens (tertiary/aromatic N) is 1. The summed E-state index contributed by atoms with van der Waals surface area (Å²) < 4.78 is 10.1. The van der Waals surface area contributed by atoms with Crippen LogP contribution < -0.4 is 0 Å². The Kier molecular flexibility index (Phi) is 4.49. The van der Waals surface area contributed by atoms with Crippen LogP contribution >= 0.6 is 0 Å². The highest BCUT2D eigenvalue weighted by atomic mass is 16.6. The molecule has 1 heterocycles. The van der Waals surface area contributed by atoms with Crippen molar-refractivity contribution in [1.82, 2.24) is 0 Å². The highest BCUT2D eigenvalue weighted by Gasteiger charge is 2.39. The van der Waals surface area contributed by atoms with E-state index >= 15 is 0 Å². The second kappa shape index (κ2) is 5.67. The van der Waals surface area contributed by atoms with Crippen molar-refractivity contribution >= 4 is 17.8 Å². The largest absolute Gasteiger partial charge is 0.453 e.